The maximum atomic E-state index is 13.7. The van der Waals surface area contributed by atoms with Crippen LogP contribution < -0.4 is 10.1 Å². The van der Waals surface area contributed by atoms with Crippen LogP contribution in [-0.4, -0.2) is 73.2 Å². The molecule has 1 heterocycles. The summed E-state index contributed by atoms with van der Waals surface area (Å²) < 4.78 is 18.6. The molecule has 24 heavy (non-hydrogen) atoms. The molecule has 0 saturated carbocycles. The predicted octanol–water partition coefficient (Wildman–Crippen LogP) is 0.153. The van der Waals surface area contributed by atoms with Crippen molar-refractivity contribution in [3.8, 4) is 5.75 Å². The molecular formula is C16H22FN3O4. The highest BCUT2D eigenvalue weighted by Gasteiger charge is 2.19. The normalized spacial score (nSPS) is 15.9. The van der Waals surface area contributed by atoms with Crippen molar-refractivity contribution in [3.05, 3.63) is 29.6 Å². The number of amides is 1. The zero-order valence-electron chi connectivity index (χ0n) is 13.6. The first-order valence-electron chi connectivity index (χ1n) is 7.73. The van der Waals surface area contributed by atoms with Gasteiger partial charge in [0.1, 0.15) is 6.54 Å². The molecule has 7 nitrogen and oxygen atoms in total. The van der Waals surface area contributed by atoms with E-state index in [-0.39, 0.29) is 30.6 Å². The number of carbonyl (C=O) groups is 2. The largest absolute Gasteiger partial charge is 0.494 e. The fourth-order valence-electron chi connectivity index (χ4n) is 2.61. The van der Waals surface area contributed by atoms with Gasteiger partial charge in [-0.3, -0.25) is 19.4 Å². The Morgan fingerprint density at radius 2 is 1.92 bits per heavy atom. The van der Waals surface area contributed by atoms with Gasteiger partial charge >= 0.3 is 5.97 Å². The lowest BCUT2D eigenvalue weighted by atomic mass is 10.2. The molecule has 2 N–H and O–H groups in total. The number of ether oxygens (including phenoxy) is 1. The third kappa shape index (κ3) is 5.47. The predicted molar refractivity (Wildman–Crippen MR) is 85.3 cm³/mol. The minimum Gasteiger partial charge on any atom is -0.494 e. The summed E-state index contributed by atoms with van der Waals surface area (Å²) >= 11 is 0. The van der Waals surface area contributed by atoms with Crippen LogP contribution in [0.2, 0.25) is 0 Å². The summed E-state index contributed by atoms with van der Waals surface area (Å²) in [7, 11) is 1.43. The Morgan fingerprint density at radius 3 is 2.50 bits per heavy atom. The van der Waals surface area contributed by atoms with Crippen molar-refractivity contribution >= 4 is 11.9 Å². The summed E-state index contributed by atoms with van der Waals surface area (Å²) in [6.07, 6.45) is 0. The van der Waals surface area contributed by atoms with E-state index in [1.807, 2.05) is 11.0 Å². The number of methoxy groups -OCH3 is 1. The number of aliphatic carboxylic acids is 1. The summed E-state index contributed by atoms with van der Waals surface area (Å²) in [5.74, 6) is -1.48. The number of carbonyl (C=O) groups excluding carboxylic acids is 1. The number of carboxylic acid groups (broad SMARTS) is 1. The number of nitrogens with zero attached hydrogens (tertiary/aromatic N) is 2. The van der Waals surface area contributed by atoms with Gasteiger partial charge in [0.2, 0.25) is 5.91 Å². The molecule has 0 atom stereocenters. The molecule has 1 aromatic rings. The maximum Gasteiger partial charge on any atom is 0.322 e. The molecule has 1 fully saturated rings. The van der Waals surface area contributed by atoms with Crippen LogP contribution in [0.5, 0.6) is 5.75 Å². The van der Waals surface area contributed by atoms with Gasteiger partial charge in [0.05, 0.1) is 13.7 Å². The number of hydrogen-bond acceptors (Lipinski definition) is 5. The first-order chi connectivity index (χ1) is 11.5. The highest BCUT2D eigenvalue weighted by atomic mass is 19.1. The van der Waals surface area contributed by atoms with Gasteiger partial charge in [0.15, 0.2) is 11.6 Å². The Bertz CT molecular complexity index is 589. The molecule has 1 amide bonds. The number of hydrogen-bond donors (Lipinski definition) is 2. The van der Waals surface area contributed by atoms with Gasteiger partial charge < -0.3 is 15.2 Å². The van der Waals surface area contributed by atoms with E-state index in [1.54, 1.807) is 6.07 Å². The fourth-order valence-corrected chi connectivity index (χ4v) is 2.61. The third-order valence-corrected chi connectivity index (χ3v) is 3.89. The van der Waals surface area contributed by atoms with Crippen LogP contribution in [0.1, 0.15) is 5.56 Å². The van der Waals surface area contributed by atoms with Crippen LogP contribution >= 0.6 is 0 Å². The smallest absolute Gasteiger partial charge is 0.322 e. The fraction of sp³-hybridized carbons (Fsp3) is 0.500. The average Bonchev–Trinajstić information content (AvgIpc) is 2.55. The molecular weight excluding hydrogens is 317 g/mol. The second-order valence-electron chi connectivity index (χ2n) is 5.69. The standard InChI is InChI=1S/C16H22FN3O4/c1-24-14-3-2-12(8-13(14)17)10-19-4-6-20(7-5-19)11-15(21)18-9-16(22)23/h2-3,8H,4-7,9-11H2,1H3,(H,18,21)(H,22,23). The van der Waals surface area contributed by atoms with Crippen molar-refractivity contribution in [2.45, 2.75) is 6.54 Å². The summed E-state index contributed by atoms with van der Waals surface area (Å²) in [6.45, 7) is 3.41. The molecule has 1 aliphatic heterocycles. The molecule has 0 bridgehead atoms. The molecule has 0 aliphatic carbocycles. The van der Waals surface area contributed by atoms with E-state index in [0.717, 1.165) is 18.7 Å². The van der Waals surface area contributed by atoms with Gasteiger partial charge in [0.25, 0.3) is 0 Å². The Morgan fingerprint density at radius 1 is 1.25 bits per heavy atom. The highest BCUT2D eigenvalue weighted by molar-refractivity contribution is 5.82. The van der Waals surface area contributed by atoms with Gasteiger partial charge in [-0.1, -0.05) is 6.07 Å². The topological polar surface area (TPSA) is 82.1 Å². The van der Waals surface area contributed by atoms with Crippen LogP contribution in [0.25, 0.3) is 0 Å². The maximum absolute atomic E-state index is 13.7. The van der Waals surface area contributed by atoms with E-state index in [9.17, 15) is 14.0 Å². The van der Waals surface area contributed by atoms with Gasteiger partial charge in [-0.05, 0) is 17.7 Å². The summed E-state index contributed by atoms with van der Waals surface area (Å²) in [5, 5.41) is 10.9. The lowest BCUT2D eigenvalue weighted by molar-refractivity contribution is -0.138. The van der Waals surface area contributed by atoms with Gasteiger partial charge in [-0.2, -0.15) is 0 Å². The van der Waals surface area contributed by atoms with E-state index in [1.165, 1.54) is 13.2 Å². The minimum atomic E-state index is -1.06. The molecule has 0 unspecified atom stereocenters. The van der Waals surface area contributed by atoms with Crippen molar-refractivity contribution in [3.63, 3.8) is 0 Å². The van der Waals surface area contributed by atoms with Crippen molar-refractivity contribution in [2.75, 3.05) is 46.4 Å². The molecule has 0 aromatic heterocycles. The van der Waals surface area contributed by atoms with E-state index in [0.29, 0.717) is 19.6 Å². The zero-order valence-corrected chi connectivity index (χ0v) is 13.6. The molecule has 132 valence electrons. The number of nitrogens with one attached hydrogen (secondary N) is 1. The highest BCUT2D eigenvalue weighted by Crippen LogP contribution is 2.19. The Balaban J connectivity index is 1.75. The molecule has 1 aliphatic rings. The van der Waals surface area contributed by atoms with Crippen LogP contribution in [0.4, 0.5) is 4.39 Å². The first kappa shape index (κ1) is 18.2. The Kier molecular flexibility index (Phi) is 6.51. The second kappa shape index (κ2) is 8.60. The van der Waals surface area contributed by atoms with Gasteiger partial charge in [-0.15, -0.1) is 0 Å². The zero-order chi connectivity index (χ0) is 17.5. The third-order valence-electron chi connectivity index (χ3n) is 3.89. The number of piperazine rings is 1. The summed E-state index contributed by atoms with van der Waals surface area (Å²) in [6, 6.07) is 4.94. The number of benzene rings is 1. The number of halogens is 1. The van der Waals surface area contributed by atoms with Crippen molar-refractivity contribution in [1.82, 2.24) is 15.1 Å². The minimum absolute atomic E-state index is 0.193. The van der Waals surface area contributed by atoms with E-state index in [2.05, 4.69) is 10.2 Å². The summed E-state index contributed by atoms with van der Waals surface area (Å²) in [4.78, 5) is 26.2. The quantitative estimate of drug-likeness (QED) is 0.736. The molecule has 0 spiro atoms. The van der Waals surface area contributed by atoms with Crippen LogP contribution in [0.15, 0.2) is 18.2 Å². The first-order valence-corrected chi connectivity index (χ1v) is 7.73. The van der Waals surface area contributed by atoms with E-state index in [4.69, 9.17) is 9.84 Å². The Hall–Kier alpha value is -2.19. The van der Waals surface area contributed by atoms with E-state index < -0.39 is 5.97 Å². The second-order valence-corrected chi connectivity index (χ2v) is 5.69. The molecule has 1 aromatic carbocycles. The van der Waals surface area contributed by atoms with E-state index >= 15 is 0 Å². The van der Waals surface area contributed by atoms with Crippen LogP contribution in [0.3, 0.4) is 0 Å². The molecule has 0 radical (unpaired) electrons. The Labute approximate surface area is 140 Å². The lowest BCUT2D eigenvalue weighted by Crippen LogP contribution is -2.49. The summed E-state index contributed by atoms with van der Waals surface area (Å²) in [5.41, 5.74) is 0.876. The molecule has 1 saturated heterocycles. The van der Waals surface area contributed by atoms with Crippen molar-refractivity contribution < 1.29 is 23.8 Å². The SMILES string of the molecule is COc1ccc(CN2CCN(CC(=O)NCC(=O)O)CC2)cc1F. The number of carboxylic acids is 1. The molecule has 2 rings (SSSR count). The molecule has 8 heteroatoms. The monoisotopic (exact) mass is 339 g/mol. The van der Waals surface area contributed by atoms with Crippen molar-refractivity contribution in [1.29, 1.82) is 0 Å². The van der Waals surface area contributed by atoms with Gasteiger partial charge in [0, 0.05) is 32.7 Å². The van der Waals surface area contributed by atoms with Crippen LogP contribution in [0, 0.1) is 5.82 Å². The number of rotatable bonds is 7. The lowest BCUT2D eigenvalue weighted by Gasteiger charge is -2.34. The van der Waals surface area contributed by atoms with Crippen molar-refractivity contribution in [2.24, 2.45) is 0 Å². The van der Waals surface area contributed by atoms with Crippen LogP contribution in [-0.2, 0) is 16.1 Å². The average molecular weight is 339 g/mol. The van der Waals surface area contributed by atoms with Gasteiger partial charge in [-0.25, -0.2) is 4.39 Å².